The minimum Gasteiger partial charge on any atom is -0.385 e. The van der Waals surface area contributed by atoms with Gasteiger partial charge < -0.3 is 19.9 Å². The van der Waals surface area contributed by atoms with Crippen LogP contribution in [-0.4, -0.2) is 49.1 Å². The van der Waals surface area contributed by atoms with Crippen LogP contribution >= 0.6 is 0 Å². The number of nitrogens with one attached hydrogen (secondary N) is 1. The third kappa shape index (κ3) is 3.44. The largest absolute Gasteiger partial charge is 0.385 e. The topological polar surface area (TPSA) is 67.8 Å². The first-order valence-corrected chi connectivity index (χ1v) is 5.27. The molecule has 1 aliphatic rings. The van der Waals surface area contributed by atoms with Crippen molar-refractivity contribution >= 4 is 5.91 Å². The molecule has 0 aliphatic carbocycles. The Bertz CT molecular complexity index is 221. The van der Waals surface area contributed by atoms with E-state index in [0.29, 0.717) is 19.6 Å². The molecule has 15 heavy (non-hydrogen) atoms. The van der Waals surface area contributed by atoms with Gasteiger partial charge in [-0.3, -0.25) is 4.79 Å². The summed E-state index contributed by atoms with van der Waals surface area (Å²) in [5.74, 6) is -0.204. The van der Waals surface area contributed by atoms with Gasteiger partial charge in [-0.25, -0.2) is 0 Å². The highest BCUT2D eigenvalue weighted by atomic mass is 16.5. The van der Waals surface area contributed by atoms with Crippen LogP contribution in [0.15, 0.2) is 0 Å². The predicted octanol–water partition coefficient (Wildman–Crippen LogP) is -0.321. The van der Waals surface area contributed by atoms with Gasteiger partial charge in [0.2, 0.25) is 5.91 Å². The molecule has 1 aliphatic heterocycles. The monoisotopic (exact) mass is 217 g/mol. The summed E-state index contributed by atoms with van der Waals surface area (Å²) in [4.78, 5) is 11.2. The van der Waals surface area contributed by atoms with Gasteiger partial charge >= 0.3 is 0 Å². The molecule has 2 unspecified atom stereocenters. The number of amides is 1. The number of carbonyl (C=O) groups excluding carboxylic acids is 1. The zero-order valence-corrected chi connectivity index (χ0v) is 9.28. The Kier molecular flexibility index (Phi) is 4.50. The Morgan fingerprint density at radius 3 is 3.00 bits per heavy atom. The molecular weight excluding hydrogens is 198 g/mol. The smallest absolute Gasteiger partial charge is 0.246 e. The maximum absolute atomic E-state index is 11.2. The molecule has 5 heteroatoms. The van der Waals surface area contributed by atoms with Crippen molar-refractivity contribution in [1.29, 1.82) is 0 Å². The molecule has 0 aromatic heterocycles. The van der Waals surface area contributed by atoms with E-state index in [1.165, 1.54) is 0 Å². The highest BCUT2D eigenvalue weighted by Gasteiger charge is 2.39. The lowest BCUT2D eigenvalue weighted by molar-refractivity contribution is -0.127. The SMILES string of the molecule is CCOCC(=O)NCC1(O)CCOC1C. The molecule has 1 saturated heterocycles. The number of hydrogen-bond acceptors (Lipinski definition) is 4. The van der Waals surface area contributed by atoms with Crippen LogP contribution in [0.5, 0.6) is 0 Å². The predicted molar refractivity (Wildman–Crippen MR) is 54.5 cm³/mol. The van der Waals surface area contributed by atoms with Crippen molar-refractivity contribution in [2.24, 2.45) is 0 Å². The Morgan fingerprint density at radius 1 is 1.73 bits per heavy atom. The second-order valence-electron chi connectivity index (χ2n) is 3.78. The van der Waals surface area contributed by atoms with Crippen molar-refractivity contribution in [3.8, 4) is 0 Å². The Labute approximate surface area is 89.8 Å². The molecule has 0 aromatic carbocycles. The summed E-state index contributed by atoms with van der Waals surface area (Å²) in [5.41, 5.74) is -0.929. The molecule has 5 nitrogen and oxygen atoms in total. The lowest BCUT2D eigenvalue weighted by Crippen LogP contribution is -2.48. The molecule has 0 aromatic rings. The molecule has 1 fully saturated rings. The third-order valence-corrected chi connectivity index (χ3v) is 2.69. The van der Waals surface area contributed by atoms with Gasteiger partial charge in [-0.2, -0.15) is 0 Å². The van der Waals surface area contributed by atoms with Gasteiger partial charge in [-0.05, 0) is 13.8 Å². The molecule has 2 atom stereocenters. The minimum absolute atomic E-state index is 0.0435. The summed E-state index contributed by atoms with van der Waals surface area (Å²) in [6, 6.07) is 0. The Balaban J connectivity index is 2.26. The van der Waals surface area contributed by atoms with Gasteiger partial charge in [0.15, 0.2) is 0 Å². The van der Waals surface area contributed by atoms with E-state index in [0.717, 1.165) is 0 Å². The summed E-state index contributed by atoms with van der Waals surface area (Å²) in [5, 5.41) is 12.7. The molecule has 1 rings (SSSR count). The number of carbonyl (C=O) groups is 1. The quantitative estimate of drug-likeness (QED) is 0.662. The van der Waals surface area contributed by atoms with Gasteiger partial charge in [0.25, 0.3) is 0 Å². The zero-order valence-electron chi connectivity index (χ0n) is 9.28. The fraction of sp³-hybridized carbons (Fsp3) is 0.900. The number of rotatable bonds is 5. The van der Waals surface area contributed by atoms with Crippen molar-refractivity contribution in [2.75, 3.05) is 26.4 Å². The van der Waals surface area contributed by atoms with Gasteiger partial charge in [0, 0.05) is 26.2 Å². The molecule has 2 N–H and O–H groups in total. The van der Waals surface area contributed by atoms with Crippen molar-refractivity contribution in [2.45, 2.75) is 32.0 Å². The van der Waals surface area contributed by atoms with Crippen LogP contribution in [0.3, 0.4) is 0 Å². The van der Waals surface area contributed by atoms with Crippen molar-refractivity contribution in [1.82, 2.24) is 5.32 Å². The van der Waals surface area contributed by atoms with Crippen LogP contribution < -0.4 is 5.32 Å². The zero-order chi connectivity index (χ0) is 11.3. The van der Waals surface area contributed by atoms with Crippen LogP contribution in [0.1, 0.15) is 20.3 Å². The van der Waals surface area contributed by atoms with E-state index in [-0.39, 0.29) is 25.2 Å². The van der Waals surface area contributed by atoms with Gasteiger partial charge in [0.05, 0.1) is 6.10 Å². The maximum Gasteiger partial charge on any atom is 0.246 e. The van der Waals surface area contributed by atoms with Crippen LogP contribution in [0.2, 0.25) is 0 Å². The number of ether oxygens (including phenoxy) is 2. The van der Waals surface area contributed by atoms with E-state index in [4.69, 9.17) is 9.47 Å². The fourth-order valence-corrected chi connectivity index (χ4v) is 1.50. The lowest BCUT2D eigenvalue weighted by atomic mass is 9.97. The van der Waals surface area contributed by atoms with Gasteiger partial charge in [-0.15, -0.1) is 0 Å². The maximum atomic E-state index is 11.2. The Morgan fingerprint density at radius 2 is 2.47 bits per heavy atom. The molecule has 0 spiro atoms. The van der Waals surface area contributed by atoms with E-state index in [9.17, 15) is 9.90 Å². The normalized spacial score (nSPS) is 30.5. The number of aliphatic hydroxyl groups is 1. The highest BCUT2D eigenvalue weighted by Crippen LogP contribution is 2.24. The average Bonchev–Trinajstić information content (AvgIpc) is 2.54. The molecule has 0 saturated carbocycles. The molecular formula is C10H19NO4. The fourth-order valence-electron chi connectivity index (χ4n) is 1.50. The van der Waals surface area contributed by atoms with E-state index in [2.05, 4.69) is 5.32 Å². The van der Waals surface area contributed by atoms with Crippen LogP contribution in [0.4, 0.5) is 0 Å². The molecule has 1 amide bonds. The average molecular weight is 217 g/mol. The van der Waals surface area contributed by atoms with Crippen LogP contribution in [0.25, 0.3) is 0 Å². The van der Waals surface area contributed by atoms with E-state index in [1.54, 1.807) is 0 Å². The van der Waals surface area contributed by atoms with Gasteiger partial charge in [0.1, 0.15) is 12.2 Å². The second-order valence-corrected chi connectivity index (χ2v) is 3.78. The van der Waals surface area contributed by atoms with E-state index < -0.39 is 5.60 Å². The standard InChI is InChI=1S/C10H19NO4/c1-3-14-6-9(12)11-7-10(13)4-5-15-8(10)2/h8,13H,3-7H2,1-2H3,(H,11,12). The van der Waals surface area contributed by atoms with Crippen LogP contribution in [-0.2, 0) is 14.3 Å². The molecule has 1 heterocycles. The lowest BCUT2D eigenvalue weighted by Gasteiger charge is -2.26. The number of hydrogen-bond donors (Lipinski definition) is 2. The first-order chi connectivity index (χ1) is 7.08. The van der Waals surface area contributed by atoms with E-state index in [1.807, 2.05) is 13.8 Å². The summed E-state index contributed by atoms with van der Waals surface area (Å²) in [6.45, 7) is 4.95. The molecule has 0 radical (unpaired) electrons. The van der Waals surface area contributed by atoms with Gasteiger partial charge in [-0.1, -0.05) is 0 Å². The van der Waals surface area contributed by atoms with Crippen molar-refractivity contribution in [3.63, 3.8) is 0 Å². The summed E-state index contributed by atoms with van der Waals surface area (Å²) in [6.07, 6.45) is 0.327. The summed E-state index contributed by atoms with van der Waals surface area (Å²) in [7, 11) is 0. The van der Waals surface area contributed by atoms with Crippen molar-refractivity contribution in [3.05, 3.63) is 0 Å². The highest BCUT2D eigenvalue weighted by molar-refractivity contribution is 5.77. The van der Waals surface area contributed by atoms with Crippen LogP contribution in [0, 0.1) is 0 Å². The molecule has 0 bridgehead atoms. The Hall–Kier alpha value is -0.650. The molecule has 88 valence electrons. The summed E-state index contributed by atoms with van der Waals surface area (Å²) < 4.78 is 10.2. The third-order valence-electron chi connectivity index (χ3n) is 2.69. The van der Waals surface area contributed by atoms with E-state index >= 15 is 0 Å². The van der Waals surface area contributed by atoms with Crippen molar-refractivity contribution < 1.29 is 19.4 Å². The summed E-state index contributed by atoms with van der Waals surface area (Å²) >= 11 is 0. The minimum atomic E-state index is -0.929. The second kappa shape index (κ2) is 5.44. The first kappa shape index (κ1) is 12.4. The first-order valence-electron chi connectivity index (χ1n) is 5.27.